The Kier molecular flexibility index (Phi) is 9.60. The Hall–Kier alpha value is -1.91. The number of nitrogens with one attached hydrogen (secondary N) is 1. The van der Waals surface area contributed by atoms with E-state index in [0.717, 1.165) is 67.9 Å². The molecule has 0 aromatic heterocycles. The number of carbonyl (C=O) groups is 1. The van der Waals surface area contributed by atoms with Crippen molar-refractivity contribution in [1.29, 1.82) is 0 Å². The molecule has 0 saturated heterocycles. The third kappa shape index (κ3) is 6.21. The third-order valence-corrected chi connectivity index (χ3v) is 16.3. The first-order valence-electron chi connectivity index (χ1n) is 20.4. The second-order valence-corrected chi connectivity index (χ2v) is 19.2. The second-order valence-electron chi connectivity index (χ2n) is 19.2. The molecule has 10 atom stereocenters. The highest BCUT2D eigenvalue weighted by Gasteiger charge is 2.68. The molecule has 8 unspecified atom stereocenters. The molecule has 0 heterocycles. The fraction of sp³-hybridized carbons (Fsp3) is 0.756. The van der Waals surface area contributed by atoms with Crippen molar-refractivity contribution in [1.82, 2.24) is 5.32 Å². The minimum atomic E-state index is -0.566. The molecule has 1 aromatic carbocycles. The molecule has 0 amide bonds. The maximum atomic E-state index is 12.9. The smallest absolute Gasteiger partial charge is 0.309 e. The summed E-state index contributed by atoms with van der Waals surface area (Å²) in [5.74, 6) is 3.71. The van der Waals surface area contributed by atoms with Crippen LogP contribution in [0.1, 0.15) is 143 Å². The molecule has 0 bridgehead atoms. The maximum absolute atomic E-state index is 12.9. The van der Waals surface area contributed by atoms with Gasteiger partial charge >= 0.3 is 5.97 Å². The summed E-state index contributed by atoms with van der Waals surface area (Å²) in [4.78, 5) is 12.9. The van der Waals surface area contributed by atoms with Crippen LogP contribution in [-0.2, 0) is 16.1 Å². The highest BCUT2D eigenvalue weighted by Crippen LogP contribution is 2.75. The molecule has 4 fully saturated rings. The minimum absolute atomic E-state index is 0.0134. The molecule has 49 heavy (non-hydrogen) atoms. The Labute approximate surface area is 298 Å². The predicted molar refractivity (Wildman–Crippen MR) is 200 cm³/mol. The number of aliphatic hydroxyl groups is 1. The Balaban J connectivity index is 1.03. The van der Waals surface area contributed by atoms with Crippen molar-refractivity contribution in [3.8, 4) is 0 Å². The highest BCUT2D eigenvalue weighted by atomic mass is 16.5. The largest absolute Gasteiger partial charge is 0.461 e. The van der Waals surface area contributed by atoms with Crippen molar-refractivity contribution < 1.29 is 14.6 Å². The first-order chi connectivity index (χ1) is 23.3. The molecule has 0 aliphatic heterocycles. The van der Waals surface area contributed by atoms with E-state index in [0.29, 0.717) is 34.3 Å². The van der Waals surface area contributed by atoms with Gasteiger partial charge in [-0.2, -0.15) is 0 Å². The number of benzene rings is 1. The molecular formula is C45H67NO3. The number of hydrogen-bond donors (Lipinski definition) is 2. The third-order valence-electron chi connectivity index (χ3n) is 16.3. The summed E-state index contributed by atoms with van der Waals surface area (Å²) < 4.78 is 5.73. The lowest BCUT2D eigenvalue weighted by molar-refractivity contribution is -0.212. The Morgan fingerprint density at radius 1 is 0.918 bits per heavy atom. The normalized spacial score (nSPS) is 41.8. The lowest BCUT2D eigenvalue weighted by atomic mass is 9.34. The molecule has 1 aromatic rings. The number of esters is 1. The fourth-order valence-electron chi connectivity index (χ4n) is 13.6. The Morgan fingerprint density at radius 2 is 1.71 bits per heavy atom. The topological polar surface area (TPSA) is 58.6 Å². The zero-order valence-corrected chi connectivity index (χ0v) is 31.8. The van der Waals surface area contributed by atoms with E-state index in [4.69, 9.17) is 4.74 Å². The van der Waals surface area contributed by atoms with Crippen molar-refractivity contribution in [2.24, 2.45) is 51.8 Å². The number of fused-ring (bicyclic) bond motifs is 7. The van der Waals surface area contributed by atoms with Gasteiger partial charge in [0.1, 0.15) is 6.61 Å². The molecule has 0 radical (unpaired) electrons. The van der Waals surface area contributed by atoms with E-state index >= 15 is 0 Å². The van der Waals surface area contributed by atoms with Gasteiger partial charge in [0.2, 0.25) is 0 Å². The molecule has 7 rings (SSSR count). The highest BCUT2D eigenvalue weighted by molar-refractivity contribution is 5.73. The van der Waals surface area contributed by atoms with Crippen molar-refractivity contribution in [3.05, 3.63) is 59.2 Å². The van der Waals surface area contributed by atoms with Crippen LogP contribution in [0, 0.1) is 51.8 Å². The van der Waals surface area contributed by atoms with Crippen molar-refractivity contribution in [3.63, 3.8) is 0 Å². The standard InChI is InChI=1S/C45H67NO3/c1-31-35(33-15-17-34(18-16-33)40(47)49-30-32-12-8-7-9-13-32)21-25-42(4)36(31)22-26-44(6)39(42)20-19-37-38-14-10-24-45(38,28-27-43(37,44)5)46-29-11-23-41(2,3)48/h7-9,12-13,15,21,31,34,36-39,46,48H,10-11,14,16-20,22-30H2,1-6H3/t31?,34?,36?,37?,38-,39?,42?,43-,44?,45?/m1/s1. The van der Waals surface area contributed by atoms with E-state index in [1.54, 1.807) is 5.57 Å². The molecule has 270 valence electrons. The van der Waals surface area contributed by atoms with Crippen LogP contribution in [0.15, 0.2) is 53.6 Å². The van der Waals surface area contributed by atoms with Crippen LogP contribution in [-0.4, -0.2) is 28.8 Å². The summed E-state index contributed by atoms with van der Waals surface area (Å²) in [7, 11) is 0. The van der Waals surface area contributed by atoms with Crippen LogP contribution < -0.4 is 5.32 Å². The van der Waals surface area contributed by atoms with Gasteiger partial charge in [-0.05, 0) is 173 Å². The zero-order chi connectivity index (χ0) is 34.7. The van der Waals surface area contributed by atoms with Crippen LogP contribution in [0.2, 0.25) is 0 Å². The van der Waals surface area contributed by atoms with E-state index < -0.39 is 5.60 Å². The summed E-state index contributed by atoms with van der Waals surface area (Å²) in [5.41, 5.74) is 5.12. The summed E-state index contributed by atoms with van der Waals surface area (Å²) >= 11 is 0. The summed E-state index contributed by atoms with van der Waals surface area (Å²) in [6, 6.07) is 10.0. The lowest BCUT2D eigenvalue weighted by Crippen LogP contribution is -2.67. The molecule has 6 aliphatic rings. The molecule has 4 heteroatoms. The van der Waals surface area contributed by atoms with E-state index in [-0.39, 0.29) is 11.9 Å². The number of hydrogen-bond acceptors (Lipinski definition) is 4. The van der Waals surface area contributed by atoms with Gasteiger partial charge in [-0.1, -0.05) is 76.6 Å². The first-order valence-corrected chi connectivity index (χ1v) is 20.4. The van der Waals surface area contributed by atoms with Crippen LogP contribution in [0.5, 0.6) is 0 Å². The fourth-order valence-corrected chi connectivity index (χ4v) is 13.6. The van der Waals surface area contributed by atoms with E-state index in [2.05, 4.69) is 45.2 Å². The molecule has 6 aliphatic carbocycles. The van der Waals surface area contributed by atoms with Crippen molar-refractivity contribution in [2.45, 2.75) is 156 Å². The average molecular weight is 670 g/mol. The van der Waals surface area contributed by atoms with Gasteiger partial charge in [-0.15, -0.1) is 0 Å². The maximum Gasteiger partial charge on any atom is 0.309 e. The van der Waals surface area contributed by atoms with Gasteiger partial charge in [0.15, 0.2) is 0 Å². The second kappa shape index (κ2) is 13.3. The van der Waals surface area contributed by atoms with E-state index in [1.165, 1.54) is 69.8 Å². The van der Waals surface area contributed by atoms with E-state index in [1.807, 2.05) is 44.2 Å². The summed E-state index contributed by atoms with van der Waals surface area (Å²) in [6.45, 7) is 16.1. The average Bonchev–Trinajstić information content (AvgIpc) is 3.50. The van der Waals surface area contributed by atoms with E-state index in [9.17, 15) is 9.90 Å². The number of rotatable bonds is 9. The van der Waals surface area contributed by atoms with Crippen LogP contribution in [0.4, 0.5) is 0 Å². The van der Waals surface area contributed by atoms with Gasteiger partial charge in [0.05, 0.1) is 11.5 Å². The quantitative estimate of drug-likeness (QED) is 0.203. The lowest BCUT2D eigenvalue weighted by Gasteiger charge is -2.71. The van der Waals surface area contributed by atoms with Crippen LogP contribution >= 0.6 is 0 Å². The molecule has 4 nitrogen and oxygen atoms in total. The van der Waals surface area contributed by atoms with Gasteiger partial charge in [0, 0.05) is 5.54 Å². The molecular weight excluding hydrogens is 602 g/mol. The predicted octanol–water partition coefficient (Wildman–Crippen LogP) is 10.4. The summed E-state index contributed by atoms with van der Waals surface area (Å²) in [5, 5.41) is 14.5. The van der Waals surface area contributed by atoms with Crippen molar-refractivity contribution >= 4 is 5.97 Å². The number of carbonyl (C=O) groups excluding carboxylic acids is 1. The van der Waals surface area contributed by atoms with Crippen LogP contribution in [0.25, 0.3) is 0 Å². The Bertz CT molecular complexity index is 1420. The number of ether oxygens (including phenoxy) is 1. The van der Waals surface area contributed by atoms with Gasteiger partial charge in [0.25, 0.3) is 0 Å². The van der Waals surface area contributed by atoms with Crippen LogP contribution in [0.3, 0.4) is 0 Å². The molecule has 4 saturated carbocycles. The van der Waals surface area contributed by atoms with Gasteiger partial charge in [-0.3, -0.25) is 4.79 Å². The monoisotopic (exact) mass is 670 g/mol. The molecule has 0 spiro atoms. The van der Waals surface area contributed by atoms with Crippen molar-refractivity contribution in [2.75, 3.05) is 6.54 Å². The Morgan fingerprint density at radius 3 is 2.45 bits per heavy atom. The SMILES string of the molecule is CC1C(C2=CCC(C(=O)OCc3ccccc3)CC2)=CCC2(C)C1CCC1(C)C2CCC2[C@H]3CCCC3(NCCCC(C)(C)O)CC[C@]21C. The molecule has 2 N–H and O–H groups in total. The van der Waals surface area contributed by atoms with Gasteiger partial charge < -0.3 is 15.2 Å². The van der Waals surface area contributed by atoms with Gasteiger partial charge in [-0.25, -0.2) is 0 Å². The number of allylic oxidation sites excluding steroid dienone is 4. The summed E-state index contributed by atoms with van der Waals surface area (Å²) in [6.07, 6.45) is 23.3. The minimum Gasteiger partial charge on any atom is -0.461 e. The first kappa shape index (κ1) is 35.5. The zero-order valence-electron chi connectivity index (χ0n) is 31.8.